The van der Waals surface area contributed by atoms with Crippen LogP contribution < -0.4 is 10.5 Å². The molecule has 0 aromatic heterocycles. The molecule has 0 aliphatic carbocycles. The molecule has 0 amide bonds. The summed E-state index contributed by atoms with van der Waals surface area (Å²) in [5, 5.41) is 0. The number of benzene rings is 1. The van der Waals surface area contributed by atoms with E-state index < -0.39 is 0 Å². The second-order valence-electron chi connectivity index (χ2n) is 5.98. The number of hydrogen-bond donors (Lipinski definition) is 1. The molecular formula is C17H28N2O. The van der Waals surface area contributed by atoms with Gasteiger partial charge in [0.1, 0.15) is 12.4 Å². The van der Waals surface area contributed by atoms with Crippen LogP contribution in [0.5, 0.6) is 5.75 Å². The quantitative estimate of drug-likeness (QED) is 0.810. The lowest BCUT2D eigenvalue weighted by atomic mass is 9.95. The molecule has 3 heteroatoms. The van der Waals surface area contributed by atoms with Gasteiger partial charge in [-0.1, -0.05) is 38.0 Å². The fourth-order valence-electron chi connectivity index (χ4n) is 3.03. The highest BCUT2D eigenvalue weighted by molar-refractivity contribution is 5.38. The molecule has 3 nitrogen and oxygen atoms in total. The molecule has 0 bridgehead atoms. The molecule has 2 rings (SSSR count). The first kappa shape index (κ1) is 15.3. The van der Waals surface area contributed by atoms with Crippen LogP contribution >= 0.6 is 0 Å². The molecule has 2 N–H and O–H groups in total. The molecule has 0 spiro atoms. The Morgan fingerprint density at radius 3 is 2.75 bits per heavy atom. The van der Waals surface area contributed by atoms with Crippen molar-refractivity contribution in [1.29, 1.82) is 0 Å². The van der Waals surface area contributed by atoms with Crippen molar-refractivity contribution in [3.8, 4) is 5.75 Å². The average Bonchev–Trinajstić information content (AvgIpc) is 2.45. The van der Waals surface area contributed by atoms with Crippen LogP contribution in [0.4, 0.5) is 0 Å². The monoisotopic (exact) mass is 276 g/mol. The zero-order valence-corrected chi connectivity index (χ0v) is 13.0. The lowest BCUT2D eigenvalue weighted by Crippen LogP contribution is -2.51. The highest BCUT2D eigenvalue weighted by Gasteiger charge is 2.33. The van der Waals surface area contributed by atoms with Crippen LogP contribution in [0.2, 0.25) is 0 Å². The topological polar surface area (TPSA) is 38.5 Å². The largest absolute Gasteiger partial charge is 0.492 e. The average molecular weight is 276 g/mol. The van der Waals surface area contributed by atoms with Gasteiger partial charge in [-0.25, -0.2) is 0 Å². The van der Waals surface area contributed by atoms with E-state index in [0.717, 1.165) is 17.9 Å². The molecule has 1 aromatic carbocycles. The normalized spacial score (nSPS) is 21.9. The molecule has 2 atom stereocenters. The van der Waals surface area contributed by atoms with Gasteiger partial charge < -0.3 is 10.5 Å². The van der Waals surface area contributed by atoms with Crippen LogP contribution in [0.3, 0.4) is 0 Å². The van der Waals surface area contributed by atoms with Gasteiger partial charge in [-0.2, -0.15) is 0 Å². The highest BCUT2D eigenvalue weighted by Crippen LogP contribution is 2.33. The molecule has 2 unspecified atom stereocenters. The van der Waals surface area contributed by atoms with Crippen molar-refractivity contribution < 1.29 is 4.74 Å². The maximum absolute atomic E-state index is 6.51. The first-order valence-corrected chi connectivity index (χ1v) is 7.88. The van der Waals surface area contributed by atoms with Crippen molar-refractivity contribution in [3.05, 3.63) is 29.8 Å². The van der Waals surface area contributed by atoms with Crippen LogP contribution in [0.25, 0.3) is 0 Å². The second kappa shape index (κ2) is 7.09. The minimum atomic E-state index is 0.0453. The molecule has 20 heavy (non-hydrogen) atoms. The number of para-hydroxylation sites is 1. The predicted octanol–water partition coefficient (Wildman–Crippen LogP) is 3.35. The van der Waals surface area contributed by atoms with E-state index >= 15 is 0 Å². The Labute approximate surface area is 123 Å². The van der Waals surface area contributed by atoms with Crippen molar-refractivity contribution in [1.82, 2.24) is 4.90 Å². The third kappa shape index (κ3) is 3.33. The summed E-state index contributed by atoms with van der Waals surface area (Å²) in [5.74, 6) is 0.952. The third-order valence-electron chi connectivity index (χ3n) is 4.21. The molecule has 112 valence electrons. The molecule has 1 aliphatic rings. The molecule has 1 aromatic rings. The van der Waals surface area contributed by atoms with Gasteiger partial charge in [0.15, 0.2) is 0 Å². The Kier molecular flexibility index (Phi) is 5.44. The second-order valence-corrected chi connectivity index (χ2v) is 5.98. The van der Waals surface area contributed by atoms with E-state index in [4.69, 9.17) is 10.5 Å². The minimum Gasteiger partial charge on any atom is -0.492 e. The smallest absolute Gasteiger partial charge is 0.124 e. The van der Waals surface area contributed by atoms with Gasteiger partial charge in [0.2, 0.25) is 0 Å². The van der Waals surface area contributed by atoms with E-state index in [9.17, 15) is 0 Å². The Balaban J connectivity index is 2.10. The molecule has 1 heterocycles. The molecule has 0 fully saturated rings. The summed E-state index contributed by atoms with van der Waals surface area (Å²) < 4.78 is 5.92. The van der Waals surface area contributed by atoms with E-state index in [-0.39, 0.29) is 12.1 Å². The summed E-state index contributed by atoms with van der Waals surface area (Å²) in [6.07, 6.45) is 3.77. The molecule has 0 saturated heterocycles. The lowest BCUT2D eigenvalue weighted by Gasteiger charge is -2.41. The fraction of sp³-hybridized carbons (Fsp3) is 0.647. The summed E-state index contributed by atoms with van der Waals surface area (Å²) in [6.45, 7) is 8.54. The molecule has 0 radical (unpaired) electrons. The number of nitrogens with two attached hydrogens (primary N) is 1. The Morgan fingerprint density at radius 1 is 1.30 bits per heavy atom. The maximum atomic E-state index is 6.51. The van der Waals surface area contributed by atoms with E-state index in [1.165, 1.54) is 19.3 Å². The predicted molar refractivity (Wildman–Crippen MR) is 84.0 cm³/mol. The minimum absolute atomic E-state index is 0.0453. The zero-order chi connectivity index (χ0) is 14.5. The maximum Gasteiger partial charge on any atom is 0.124 e. The van der Waals surface area contributed by atoms with Crippen LogP contribution in [0.1, 0.15) is 51.6 Å². The Hall–Kier alpha value is -1.06. The Morgan fingerprint density at radius 2 is 2.05 bits per heavy atom. The fourth-order valence-corrected chi connectivity index (χ4v) is 3.03. The van der Waals surface area contributed by atoms with Crippen molar-refractivity contribution in [2.75, 3.05) is 13.2 Å². The summed E-state index contributed by atoms with van der Waals surface area (Å²) in [6, 6.07) is 8.98. The highest BCUT2D eigenvalue weighted by atomic mass is 16.5. The summed E-state index contributed by atoms with van der Waals surface area (Å²) in [7, 11) is 0. The van der Waals surface area contributed by atoms with Gasteiger partial charge >= 0.3 is 0 Å². The first-order chi connectivity index (χ1) is 9.65. The standard InChI is InChI=1S/C17H28N2O/c1-4-5-8-11-19(13(2)3)15-12-20-16-10-7-6-9-14(16)17(15)18/h6-7,9-10,13,15,17H,4-5,8,11-12,18H2,1-3H3. The number of rotatable bonds is 6. The van der Waals surface area contributed by atoms with Gasteiger partial charge in [-0.3, -0.25) is 4.90 Å². The molecular weight excluding hydrogens is 248 g/mol. The summed E-state index contributed by atoms with van der Waals surface area (Å²) >= 11 is 0. The van der Waals surface area contributed by atoms with E-state index in [2.05, 4.69) is 31.7 Å². The lowest BCUT2D eigenvalue weighted by molar-refractivity contribution is 0.0714. The van der Waals surface area contributed by atoms with Crippen molar-refractivity contribution in [2.45, 2.75) is 58.2 Å². The van der Waals surface area contributed by atoms with Crippen LogP contribution in [-0.4, -0.2) is 30.1 Å². The van der Waals surface area contributed by atoms with Gasteiger partial charge in [-0.05, 0) is 32.9 Å². The zero-order valence-electron chi connectivity index (χ0n) is 13.0. The van der Waals surface area contributed by atoms with Crippen LogP contribution in [0, 0.1) is 0 Å². The van der Waals surface area contributed by atoms with Crippen molar-refractivity contribution in [3.63, 3.8) is 0 Å². The Bertz CT molecular complexity index is 419. The van der Waals surface area contributed by atoms with E-state index in [0.29, 0.717) is 12.6 Å². The van der Waals surface area contributed by atoms with E-state index in [1.807, 2.05) is 18.2 Å². The summed E-state index contributed by atoms with van der Waals surface area (Å²) in [5.41, 5.74) is 7.66. The van der Waals surface area contributed by atoms with Crippen molar-refractivity contribution >= 4 is 0 Å². The number of unbranched alkanes of at least 4 members (excludes halogenated alkanes) is 2. The van der Waals surface area contributed by atoms with Crippen LogP contribution in [-0.2, 0) is 0 Å². The molecule has 1 aliphatic heterocycles. The van der Waals surface area contributed by atoms with Gasteiger partial charge in [0, 0.05) is 11.6 Å². The number of nitrogens with zero attached hydrogens (tertiary/aromatic N) is 1. The van der Waals surface area contributed by atoms with Gasteiger partial charge in [0.25, 0.3) is 0 Å². The SMILES string of the molecule is CCCCCN(C(C)C)C1COc2ccccc2C1N. The van der Waals surface area contributed by atoms with Gasteiger partial charge in [-0.15, -0.1) is 0 Å². The summed E-state index contributed by atoms with van der Waals surface area (Å²) in [4.78, 5) is 2.51. The first-order valence-electron chi connectivity index (χ1n) is 7.88. The van der Waals surface area contributed by atoms with Crippen molar-refractivity contribution in [2.24, 2.45) is 5.73 Å². The van der Waals surface area contributed by atoms with Crippen LogP contribution in [0.15, 0.2) is 24.3 Å². The molecule has 0 saturated carbocycles. The number of fused-ring (bicyclic) bond motifs is 1. The number of hydrogen-bond acceptors (Lipinski definition) is 3. The number of ether oxygens (including phenoxy) is 1. The van der Waals surface area contributed by atoms with E-state index in [1.54, 1.807) is 0 Å². The third-order valence-corrected chi connectivity index (χ3v) is 4.21. The van der Waals surface area contributed by atoms with Gasteiger partial charge in [0.05, 0.1) is 12.1 Å².